The predicted molar refractivity (Wildman–Crippen MR) is 133 cm³/mol. The molecule has 2 aromatic heterocycles. The van der Waals surface area contributed by atoms with Crippen LogP contribution in [0.5, 0.6) is 0 Å². The highest BCUT2D eigenvalue weighted by Gasteiger charge is 2.28. The minimum atomic E-state index is -0.626. The molecule has 0 spiro atoms. The highest BCUT2D eigenvalue weighted by atomic mass is 35.5. The van der Waals surface area contributed by atoms with Crippen molar-refractivity contribution in [3.05, 3.63) is 67.7 Å². The lowest BCUT2D eigenvalue weighted by Gasteiger charge is -2.12. The van der Waals surface area contributed by atoms with Gasteiger partial charge in [0, 0.05) is 16.5 Å². The summed E-state index contributed by atoms with van der Waals surface area (Å²) in [7, 11) is 0. The van der Waals surface area contributed by atoms with Gasteiger partial charge in [-0.3, -0.25) is 4.79 Å². The Hall–Kier alpha value is -3.05. The number of thiophene rings is 1. The number of nitriles is 1. The summed E-state index contributed by atoms with van der Waals surface area (Å²) in [6, 6.07) is 10.4. The van der Waals surface area contributed by atoms with Crippen molar-refractivity contribution in [1.82, 2.24) is 0 Å². The summed E-state index contributed by atoms with van der Waals surface area (Å²) in [5.41, 5.74) is 1.88. The van der Waals surface area contributed by atoms with Crippen molar-refractivity contribution >= 4 is 57.5 Å². The molecule has 0 unspecified atom stereocenters. The Morgan fingerprint density at radius 3 is 2.74 bits per heavy atom. The number of furan rings is 1. The zero-order valence-corrected chi connectivity index (χ0v) is 20.6. The topological polar surface area (TPSA) is 92.3 Å². The van der Waals surface area contributed by atoms with E-state index in [4.69, 9.17) is 32.4 Å². The molecule has 1 aromatic carbocycles. The Morgan fingerprint density at radius 1 is 1.21 bits per heavy atom. The SMILES string of the molecule is CCOC(=O)c1c(NC(=O)/C(C#N)=C/c2ccc(-c3ccc(Cl)c(Cl)c3)o2)sc2c1CCCC2. The average molecular weight is 515 g/mol. The molecule has 0 saturated heterocycles. The number of hydrogen-bond donors (Lipinski definition) is 1. The number of anilines is 1. The number of hydrogen-bond acceptors (Lipinski definition) is 6. The third-order valence-corrected chi connectivity index (χ3v) is 7.31. The van der Waals surface area contributed by atoms with Crippen LogP contribution in [0.25, 0.3) is 17.4 Å². The first-order valence-electron chi connectivity index (χ1n) is 10.7. The van der Waals surface area contributed by atoms with Crippen LogP contribution < -0.4 is 5.32 Å². The van der Waals surface area contributed by atoms with Gasteiger partial charge in [-0.2, -0.15) is 5.26 Å². The van der Waals surface area contributed by atoms with Gasteiger partial charge in [0.25, 0.3) is 5.91 Å². The number of ether oxygens (including phenoxy) is 1. The van der Waals surface area contributed by atoms with E-state index in [9.17, 15) is 14.9 Å². The smallest absolute Gasteiger partial charge is 0.341 e. The van der Waals surface area contributed by atoms with Gasteiger partial charge in [-0.15, -0.1) is 11.3 Å². The highest BCUT2D eigenvalue weighted by Crippen LogP contribution is 2.39. The number of carbonyl (C=O) groups is 2. The van der Waals surface area contributed by atoms with E-state index in [1.165, 1.54) is 17.4 Å². The maximum Gasteiger partial charge on any atom is 0.341 e. The van der Waals surface area contributed by atoms with E-state index < -0.39 is 11.9 Å². The summed E-state index contributed by atoms with van der Waals surface area (Å²) >= 11 is 13.4. The molecule has 9 heteroatoms. The molecular formula is C25H20Cl2N2O4S. The van der Waals surface area contributed by atoms with E-state index in [-0.39, 0.29) is 12.2 Å². The molecule has 1 aliphatic carbocycles. The van der Waals surface area contributed by atoms with Crippen LogP contribution in [0.1, 0.15) is 46.3 Å². The van der Waals surface area contributed by atoms with E-state index in [1.807, 2.05) is 6.07 Å². The van der Waals surface area contributed by atoms with E-state index >= 15 is 0 Å². The molecule has 0 fully saturated rings. The normalized spacial score (nSPS) is 13.2. The number of aryl methyl sites for hydroxylation is 1. The number of amides is 1. The van der Waals surface area contributed by atoms with E-state index in [0.29, 0.717) is 37.7 Å². The van der Waals surface area contributed by atoms with Crippen LogP contribution in [0.4, 0.5) is 5.00 Å². The Morgan fingerprint density at radius 2 is 2.00 bits per heavy atom. The number of rotatable bonds is 6. The molecule has 0 radical (unpaired) electrons. The zero-order chi connectivity index (χ0) is 24.2. The van der Waals surface area contributed by atoms with Crippen molar-refractivity contribution in [2.45, 2.75) is 32.6 Å². The second-order valence-corrected chi connectivity index (χ2v) is 9.51. The van der Waals surface area contributed by atoms with Crippen molar-refractivity contribution in [2.24, 2.45) is 0 Å². The lowest BCUT2D eigenvalue weighted by molar-refractivity contribution is -0.112. The van der Waals surface area contributed by atoms with Crippen LogP contribution in [-0.4, -0.2) is 18.5 Å². The third-order valence-electron chi connectivity index (χ3n) is 5.36. The number of esters is 1. The van der Waals surface area contributed by atoms with Crippen LogP contribution >= 0.6 is 34.5 Å². The molecule has 0 bridgehead atoms. The van der Waals surface area contributed by atoms with Gasteiger partial charge in [-0.25, -0.2) is 4.79 Å². The van der Waals surface area contributed by atoms with Crippen molar-refractivity contribution in [3.63, 3.8) is 0 Å². The van der Waals surface area contributed by atoms with Crippen molar-refractivity contribution in [2.75, 3.05) is 11.9 Å². The average Bonchev–Trinajstić information content (AvgIpc) is 3.43. The molecule has 4 rings (SSSR count). The first-order valence-corrected chi connectivity index (χ1v) is 12.3. The quantitative estimate of drug-likeness (QED) is 0.219. The van der Waals surface area contributed by atoms with E-state index in [2.05, 4.69) is 5.32 Å². The minimum absolute atomic E-state index is 0.156. The fraction of sp³-hybridized carbons (Fsp3) is 0.240. The number of fused-ring (bicyclic) bond motifs is 1. The largest absolute Gasteiger partial charge is 0.462 e. The fourth-order valence-electron chi connectivity index (χ4n) is 3.77. The molecular weight excluding hydrogens is 495 g/mol. The van der Waals surface area contributed by atoms with E-state index in [1.54, 1.807) is 37.3 Å². The Kier molecular flexibility index (Phi) is 7.42. The molecule has 1 amide bonds. The van der Waals surface area contributed by atoms with Crippen LogP contribution in [0.3, 0.4) is 0 Å². The van der Waals surface area contributed by atoms with Crippen LogP contribution in [0.15, 0.2) is 40.3 Å². The lowest BCUT2D eigenvalue weighted by atomic mass is 9.95. The first-order chi connectivity index (χ1) is 16.4. The Bertz CT molecular complexity index is 1330. The lowest BCUT2D eigenvalue weighted by Crippen LogP contribution is -2.16. The van der Waals surface area contributed by atoms with Gasteiger partial charge in [0.15, 0.2) is 0 Å². The maximum atomic E-state index is 12.9. The highest BCUT2D eigenvalue weighted by molar-refractivity contribution is 7.17. The van der Waals surface area contributed by atoms with E-state index in [0.717, 1.165) is 36.1 Å². The van der Waals surface area contributed by atoms with Crippen molar-refractivity contribution < 1.29 is 18.7 Å². The summed E-state index contributed by atoms with van der Waals surface area (Å²) in [6.07, 6.45) is 4.99. The van der Waals surface area contributed by atoms with Gasteiger partial charge in [-0.1, -0.05) is 23.2 Å². The molecule has 34 heavy (non-hydrogen) atoms. The fourth-order valence-corrected chi connectivity index (χ4v) is 5.34. The number of nitrogens with one attached hydrogen (secondary N) is 1. The van der Waals surface area contributed by atoms with Crippen molar-refractivity contribution in [1.29, 1.82) is 5.26 Å². The molecule has 0 atom stereocenters. The zero-order valence-electron chi connectivity index (χ0n) is 18.2. The van der Waals surface area contributed by atoms with Gasteiger partial charge in [-0.05, 0) is 68.5 Å². The van der Waals surface area contributed by atoms with Gasteiger partial charge >= 0.3 is 5.97 Å². The molecule has 1 N–H and O–H groups in total. The number of carbonyl (C=O) groups excluding carboxylic acids is 2. The monoisotopic (exact) mass is 514 g/mol. The molecule has 2 heterocycles. The van der Waals surface area contributed by atoms with Crippen LogP contribution in [0, 0.1) is 11.3 Å². The van der Waals surface area contributed by atoms with Crippen LogP contribution in [-0.2, 0) is 22.4 Å². The molecule has 6 nitrogen and oxygen atoms in total. The molecule has 1 aliphatic rings. The maximum absolute atomic E-state index is 12.9. The predicted octanol–water partition coefficient (Wildman–Crippen LogP) is 6.92. The molecule has 0 aliphatic heterocycles. The standard InChI is InChI=1S/C25H20Cl2N2O4S/c1-2-32-25(31)22-17-5-3-4-6-21(17)34-24(22)29-23(30)15(13-28)11-16-8-10-20(33-16)14-7-9-18(26)19(27)12-14/h7-12H,2-6H2,1H3,(H,29,30)/b15-11+. The molecule has 0 saturated carbocycles. The van der Waals surface area contributed by atoms with Gasteiger partial charge in [0.05, 0.1) is 22.2 Å². The molecule has 3 aromatic rings. The summed E-state index contributed by atoms with van der Waals surface area (Å²) in [5.74, 6) is -0.252. The summed E-state index contributed by atoms with van der Waals surface area (Å²) in [4.78, 5) is 26.6. The third kappa shape index (κ3) is 5.05. The van der Waals surface area contributed by atoms with Crippen LogP contribution in [0.2, 0.25) is 10.0 Å². The Labute approximate surface area is 210 Å². The number of benzene rings is 1. The van der Waals surface area contributed by atoms with Gasteiger partial charge in [0.2, 0.25) is 0 Å². The van der Waals surface area contributed by atoms with Crippen molar-refractivity contribution in [3.8, 4) is 17.4 Å². The second kappa shape index (κ2) is 10.5. The minimum Gasteiger partial charge on any atom is -0.462 e. The van der Waals surface area contributed by atoms with Gasteiger partial charge < -0.3 is 14.5 Å². The number of halogens is 2. The van der Waals surface area contributed by atoms with Gasteiger partial charge in [0.1, 0.15) is 28.2 Å². The first kappa shape index (κ1) is 24.1. The Balaban J connectivity index is 1.59. The summed E-state index contributed by atoms with van der Waals surface area (Å²) < 4.78 is 11.0. The second-order valence-electron chi connectivity index (χ2n) is 7.59. The summed E-state index contributed by atoms with van der Waals surface area (Å²) in [5, 5.41) is 13.6. The molecule has 174 valence electrons. The number of nitrogens with zero attached hydrogens (tertiary/aromatic N) is 1. The summed E-state index contributed by atoms with van der Waals surface area (Å²) in [6.45, 7) is 1.97.